The van der Waals surface area contributed by atoms with E-state index in [9.17, 15) is 4.79 Å². The maximum absolute atomic E-state index is 12.8. The largest absolute Gasteiger partial charge is 0.493 e. The molecule has 1 aliphatic carbocycles. The normalized spacial score (nSPS) is 17.4. The Morgan fingerprint density at radius 3 is 2.50 bits per heavy atom. The van der Waals surface area contributed by atoms with E-state index in [1.807, 2.05) is 24.8 Å². The summed E-state index contributed by atoms with van der Waals surface area (Å²) in [5.74, 6) is 1.81. The first-order chi connectivity index (χ1) is 14.5. The van der Waals surface area contributed by atoms with E-state index in [0.717, 1.165) is 71.8 Å². The summed E-state index contributed by atoms with van der Waals surface area (Å²) in [5.41, 5.74) is 2.11. The second-order valence-electron chi connectivity index (χ2n) is 8.15. The quantitative estimate of drug-likeness (QED) is 0.695. The predicted octanol–water partition coefficient (Wildman–Crippen LogP) is 3.98. The molecule has 2 aromatic rings. The minimum Gasteiger partial charge on any atom is -0.493 e. The summed E-state index contributed by atoms with van der Waals surface area (Å²) in [6.45, 7) is 7.09. The summed E-state index contributed by atoms with van der Waals surface area (Å²) in [6, 6.07) is 6.17. The lowest BCUT2D eigenvalue weighted by molar-refractivity contribution is -0.130. The number of benzene rings is 1. The van der Waals surface area contributed by atoms with Gasteiger partial charge in [0.15, 0.2) is 11.5 Å². The highest BCUT2D eigenvalue weighted by Gasteiger charge is 2.24. The van der Waals surface area contributed by atoms with Crippen LogP contribution in [-0.2, 0) is 11.2 Å². The molecule has 0 bridgehead atoms. The summed E-state index contributed by atoms with van der Waals surface area (Å²) in [6.07, 6.45) is 5.47. The number of hydrogen-bond acceptors (Lipinski definition) is 6. The molecule has 1 saturated heterocycles. The second kappa shape index (κ2) is 9.25. The van der Waals surface area contributed by atoms with Crippen molar-refractivity contribution in [3.8, 4) is 11.5 Å². The molecule has 0 atom stereocenters. The van der Waals surface area contributed by atoms with Crippen LogP contribution in [0.3, 0.4) is 0 Å². The van der Waals surface area contributed by atoms with Gasteiger partial charge < -0.3 is 19.3 Å². The van der Waals surface area contributed by atoms with Gasteiger partial charge in [-0.25, -0.2) is 4.98 Å². The molecule has 1 aromatic heterocycles. The molecule has 0 N–H and O–H groups in total. The van der Waals surface area contributed by atoms with Crippen molar-refractivity contribution in [1.29, 1.82) is 0 Å². The number of anilines is 1. The number of methoxy groups -OCH3 is 1. The van der Waals surface area contributed by atoms with Gasteiger partial charge in [-0.05, 0) is 51.7 Å². The standard InChI is InChI=1S/C23H31N3O3S/c1-16-22(30-17(2)24-16)15-23(27)26-12-10-25(11-13-26)18-8-9-20(28-3)21(14-18)29-19-6-4-5-7-19/h8-9,14,19H,4-7,10-13,15H2,1-3H3. The molecule has 0 unspecified atom stereocenters. The molecule has 2 fully saturated rings. The van der Waals surface area contributed by atoms with Crippen molar-refractivity contribution >= 4 is 22.9 Å². The van der Waals surface area contributed by atoms with E-state index in [0.29, 0.717) is 12.5 Å². The number of carbonyl (C=O) groups is 1. The first kappa shape index (κ1) is 21.0. The number of nitrogens with zero attached hydrogens (tertiary/aromatic N) is 3. The molecule has 162 valence electrons. The van der Waals surface area contributed by atoms with Gasteiger partial charge in [0, 0.05) is 42.8 Å². The van der Waals surface area contributed by atoms with Crippen LogP contribution in [0.25, 0.3) is 0 Å². The number of aryl methyl sites for hydroxylation is 2. The summed E-state index contributed by atoms with van der Waals surface area (Å²) >= 11 is 1.63. The fourth-order valence-electron chi connectivity index (χ4n) is 4.34. The molecule has 1 aromatic carbocycles. The molecule has 7 heteroatoms. The number of amides is 1. The Labute approximate surface area is 182 Å². The Bertz CT molecular complexity index is 884. The Hall–Kier alpha value is -2.28. The van der Waals surface area contributed by atoms with Gasteiger partial charge in [0.05, 0.1) is 30.3 Å². The lowest BCUT2D eigenvalue weighted by atomic mass is 10.2. The van der Waals surface area contributed by atoms with Crippen LogP contribution in [0.1, 0.15) is 41.3 Å². The highest BCUT2D eigenvalue weighted by atomic mass is 32.1. The Morgan fingerprint density at radius 1 is 1.13 bits per heavy atom. The van der Waals surface area contributed by atoms with Crippen LogP contribution in [0, 0.1) is 13.8 Å². The van der Waals surface area contributed by atoms with Gasteiger partial charge in [0.1, 0.15) is 0 Å². The maximum atomic E-state index is 12.8. The maximum Gasteiger partial charge on any atom is 0.228 e. The third-order valence-electron chi connectivity index (χ3n) is 6.05. The van der Waals surface area contributed by atoms with Gasteiger partial charge in [0.25, 0.3) is 0 Å². The minimum atomic E-state index is 0.196. The molecule has 2 aliphatic rings. The SMILES string of the molecule is COc1ccc(N2CCN(C(=O)Cc3sc(C)nc3C)CC2)cc1OC1CCCC1. The molecular formula is C23H31N3O3S. The van der Waals surface area contributed by atoms with Gasteiger partial charge in [-0.1, -0.05) is 0 Å². The predicted molar refractivity (Wildman–Crippen MR) is 120 cm³/mol. The summed E-state index contributed by atoms with van der Waals surface area (Å²) in [5, 5.41) is 1.02. The zero-order valence-electron chi connectivity index (χ0n) is 18.1. The number of hydrogen-bond donors (Lipinski definition) is 0. The molecule has 4 rings (SSSR count). The fourth-order valence-corrected chi connectivity index (χ4v) is 5.27. The summed E-state index contributed by atoms with van der Waals surface area (Å²) < 4.78 is 11.8. The molecule has 0 spiro atoms. The van der Waals surface area contributed by atoms with Crippen molar-refractivity contribution in [3.63, 3.8) is 0 Å². The fraction of sp³-hybridized carbons (Fsp3) is 0.565. The monoisotopic (exact) mass is 429 g/mol. The van der Waals surface area contributed by atoms with E-state index in [1.54, 1.807) is 18.4 Å². The van der Waals surface area contributed by atoms with Gasteiger partial charge in [-0.15, -0.1) is 11.3 Å². The topological polar surface area (TPSA) is 54.9 Å². The van der Waals surface area contributed by atoms with Gasteiger partial charge in [-0.3, -0.25) is 4.79 Å². The minimum absolute atomic E-state index is 0.196. The molecule has 1 aliphatic heterocycles. The molecular weight excluding hydrogens is 398 g/mol. The summed E-state index contributed by atoms with van der Waals surface area (Å²) in [4.78, 5) is 22.6. The van der Waals surface area contributed by atoms with Crippen molar-refractivity contribution in [3.05, 3.63) is 33.8 Å². The van der Waals surface area contributed by atoms with Crippen LogP contribution >= 0.6 is 11.3 Å². The van der Waals surface area contributed by atoms with Crippen molar-refractivity contribution < 1.29 is 14.3 Å². The number of thiazole rings is 1. The van der Waals surface area contributed by atoms with E-state index in [2.05, 4.69) is 22.0 Å². The third kappa shape index (κ3) is 4.72. The lowest BCUT2D eigenvalue weighted by Gasteiger charge is -2.36. The van der Waals surface area contributed by atoms with Crippen molar-refractivity contribution in [2.75, 3.05) is 38.2 Å². The highest BCUT2D eigenvalue weighted by molar-refractivity contribution is 7.11. The first-order valence-electron chi connectivity index (χ1n) is 10.8. The smallest absolute Gasteiger partial charge is 0.228 e. The zero-order valence-corrected chi connectivity index (χ0v) is 19.0. The number of carbonyl (C=O) groups excluding carboxylic acids is 1. The average Bonchev–Trinajstić information content (AvgIpc) is 3.37. The molecule has 1 saturated carbocycles. The number of aromatic nitrogens is 1. The molecule has 6 nitrogen and oxygen atoms in total. The van der Waals surface area contributed by atoms with Crippen LogP contribution in [0.4, 0.5) is 5.69 Å². The highest BCUT2D eigenvalue weighted by Crippen LogP contribution is 2.35. The van der Waals surface area contributed by atoms with Gasteiger partial charge in [0.2, 0.25) is 5.91 Å². The number of ether oxygens (including phenoxy) is 2. The van der Waals surface area contributed by atoms with Crippen molar-refractivity contribution in [2.45, 2.75) is 52.1 Å². The van der Waals surface area contributed by atoms with Crippen LogP contribution in [0.5, 0.6) is 11.5 Å². The Kier molecular flexibility index (Phi) is 6.46. The molecule has 30 heavy (non-hydrogen) atoms. The lowest BCUT2D eigenvalue weighted by Crippen LogP contribution is -2.49. The first-order valence-corrected chi connectivity index (χ1v) is 11.7. The van der Waals surface area contributed by atoms with Crippen LogP contribution in [0.15, 0.2) is 18.2 Å². The van der Waals surface area contributed by atoms with Crippen molar-refractivity contribution in [2.24, 2.45) is 0 Å². The average molecular weight is 430 g/mol. The number of rotatable bonds is 6. The van der Waals surface area contributed by atoms with E-state index in [1.165, 1.54) is 12.8 Å². The van der Waals surface area contributed by atoms with E-state index in [-0.39, 0.29) is 5.91 Å². The van der Waals surface area contributed by atoms with Crippen LogP contribution < -0.4 is 14.4 Å². The summed E-state index contributed by atoms with van der Waals surface area (Å²) in [7, 11) is 1.69. The Morgan fingerprint density at radius 2 is 1.87 bits per heavy atom. The third-order valence-corrected chi connectivity index (χ3v) is 7.12. The zero-order chi connectivity index (χ0) is 21.1. The van der Waals surface area contributed by atoms with Crippen LogP contribution in [-0.4, -0.2) is 55.2 Å². The van der Waals surface area contributed by atoms with Gasteiger partial charge in [-0.2, -0.15) is 0 Å². The molecule has 2 heterocycles. The second-order valence-corrected chi connectivity index (χ2v) is 9.43. The van der Waals surface area contributed by atoms with E-state index >= 15 is 0 Å². The molecule has 1 amide bonds. The Balaban J connectivity index is 1.37. The van der Waals surface area contributed by atoms with Gasteiger partial charge >= 0.3 is 0 Å². The number of piperazine rings is 1. The van der Waals surface area contributed by atoms with E-state index < -0.39 is 0 Å². The van der Waals surface area contributed by atoms with Crippen molar-refractivity contribution in [1.82, 2.24) is 9.88 Å². The van der Waals surface area contributed by atoms with Crippen LogP contribution in [0.2, 0.25) is 0 Å². The van der Waals surface area contributed by atoms with E-state index in [4.69, 9.17) is 9.47 Å². The molecule has 0 radical (unpaired) electrons.